The second-order valence-corrected chi connectivity index (χ2v) is 12.9. The normalized spacial score (nSPS) is 12.7. The van der Waals surface area contributed by atoms with Crippen molar-refractivity contribution in [2.24, 2.45) is 5.73 Å². The Kier molecular flexibility index (Phi) is 13.6. The fourth-order valence-corrected chi connectivity index (χ4v) is 6.19. The van der Waals surface area contributed by atoms with Gasteiger partial charge >= 0.3 is 0 Å². The van der Waals surface area contributed by atoms with Crippen LogP contribution in [0.1, 0.15) is 47.6 Å². The number of unbranched alkanes of at least 4 members (excludes halogenated alkanes) is 1. The summed E-state index contributed by atoms with van der Waals surface area (Å²) in [7, 11) is 1.66. The highest BCUT2D eigenvalue weighted by Gasteiger charge is 2.26. The number of anilines is 2. The highest BCUT2D eigenvalue weighted by atomic mass is 35.5. The predicted octanol–water partition coefficient (Wildman–Crippen LogP) is 7.30. The maximum absolute atomic E-state index is 13.6. The molecular formula is C42H45ClN4O4. The van der Waals surface area contributed by atoms with Gasteiger partial charge in [0.1, 0.15) is 11.8 Å². The molecule has 0 aliphatic heterocycles. The number of nitrogens with two attached hydrogens (primary N) is 1. The fourth-order valence-electron chi connectivity index (χ4n) is 6.07. The maximum Gasteiger partial charge on any atom is 0.246 e. The van der Waals surface area contributed by atoms with Crippen molar-refractivity contribution in [3.8, 4) is 5.75 Å². The summed E-state index contributed by atoms with van der Waals surface area (Å²) >= 11 is 6.03. The summed E-state index contributed by atoms with van der Waals surface area (Å²) in [6.45, 7) is 0.596. The molecule has 1 unspecified atom stereocenters. The fraction of sp³-hybridized carbons (Fsp3) is 0.238. The largest absolute Gasteiger partial charge is 0.497 e. The van der Waals surface area contributed by atoms with E-state index in [9.17, 15) is 14.7 Å². The smallest absolute Gasteiger partial charge is 0.246 e. The molecule has 0 saturated carbocycles. The van der Waals surface area contributed by atoms with Crippen molar-refractivity contribution in [1.29, 1.82) is 0 Å². The first-order valence-corrected chi connectivity index (χ1v) is 17.5. The van der Waals surface area contributed by atoms with Gasteiger partial charge < -0.3 is 31.1 Å². The van der Waals surface area contributed by atoms with Crippen LogP contribution >= 0.6 is 11.6 Å². The van der Waals surface area contributed by atoms with Gasteiger partial charge in [0.15, 0.2) is 0 Å². The van der Waals surface area contributed by atoms with E-state index in [-0.39, 0.29) is 18.6 Å². The number of nitrogens with one attached hydrogen (secondary N) is 2. The molecule has 5 N–H and O–H groups in total. The number of carbonyl (C=O) groups excluding carboxylic acids is 2. The molecule has 2 amide bonds. The van der Waals surface area contributed by atoms with Gasteiger partial charge in [0.05, 0.1) is 25.8 Å². The van der Waals surface area contributed by atoms with E-state index in [0.717, 1.165) is 40.1 Å². The molecule has 0 spiro atoms. The third kappa shape index (κ3) is 10.7. The minimum atomic E-state index is -0.852. The SMILES string of the molecule is COc1ccc(C(c2ccccc2)N(CCCC[C@H](NC(=O)[C@@H](N)Cc2ccc(Cl)cc2)C(=O)Nc2ccc(CO)cc2)c2ccccc2)cc1. The Bertz CT molecular complexity index is 1810. The zero-order valence-corrected chi connectivity index (χ0v) is 29.5. The number of benzene rings is 5. The molecule has 8 nitrogen and oxygen atoms in total. The summed E-state index contributed by atoms with van der Waals surface area (Å²) in [5.41, 5.74) is 11.9. The van der Waals surface area contributed by atoms with Gasteiger partial charge in [-0.2, -0.15) is 0 Å². The van der Waals surface area contributed by atoms with Crippen LogP contribution in [0.5, 0.6) is 5.75 Å². The Labute approximate surface area is 305 Å². The molecular weight excluding hydrogens is 660 g/mol. The van der Waals surface area contributed by atoms with E-state index in [1.807, 2.05) is 48.5 Å². The van der Waals surface area contributed by atoms with Gasteiger partial charge in [-0.15, -0.1) is 0 Å². The van der Waals surface area contributed by atoms with Gasteiger partial charge in [0.25, 0.3) is 0 Å². The number of hydrogen-bond donors (Lipinski definition) is 4. The predicted molar refractivity (Wildman–Crippen MR) is 205 cm³/mol. The van der Waals surface area contributed by atoms with Crippen LogP contribution in [0.3, 0.4) is 0 Å². The molecule has 0 heterocycles. The lowest BCUT2D eigenvalue weighted by Crippen LogP contribution is -2.50. The molecule has 0 bridgehead atoms. The number of rotatable bonds is 17. The van der Waals surface area contributed by atoms with E-state index >= 15 is 0 Å². The number of methoxy groups -OCH3 is 1. The number of halogens is 1. The second-order valence-electron chi connectivity index (χ2n) is 12.5. The number of aliphatic hydroxyl groups is 1. The molecule has 5 rings (SSSR count). The van der Waals surface area contributed by atoms with Crippen molar-refractivity contribution < 1.29 is 19.4 Å². The van der Waals surface area contributed by atoms with E-state index in [4.69, 9.17) is 22.1 Å². The molecule has 0 aromatic heterocycles. The number of aliphatic hydroxyl groups excluding tert-OH is 1. The van der Waals surface area contributed by atoms with E-state index in [0.29, 0.717) is 36.5 Å². The molecule has 51 heavy (non-hydrogen) atoms. The van der Waals surface area contributed by atoms with Gasteiger partial charge in [-0.25, -0.2) is 0 Å². The summed E-state index contributed by atoms with van der Waals surface area (Å²) in [5.74, 6) is 0.0507. The Morgan fingerprint density at radius 2 is 1.37 bits per heavy atom. The minimum absolute atomic E-state index is 0.0777. The second kappa shape index (κ2) is 18.7. The first-order chi connectivity index (χ1) is 24.8. The van der Waals surface area contributed by atoms with Crippen LogP contribution in [0.4, 0.5) is 11.4 Å². The number of para-hydroxylation sites is 1. The van der Waals surface area contributed by atoms with E-state index in [1.165, 1.54) is 0 Å². The standard InChI is InChI=1S/C42H45ClN4O4/c1-51-37-25-19-33(20-26-37)40(32-10-4-2-5-11-32)47(36-12-6-3-7-13-36)27-9-8-14-39(42(50)45-35-23-17-31(29-48)18-24-35)46-41(49)38(44)28-30-15-21-34(43)22-16-30/h2-7,10-13,15-26,38-40,48H,8-9,14,27-29,44H2,1H3,(H,45,50)(H,46,49)/t38-,39-,40?/m0/s1. The third-order valence-electron chi connectivity index (χ3n) is 8.83. The lowest BCUT2D eigenvalue weighted by molar-refractivity contribution is -0.127. The van der Waals surface area contributed by atoms with Crippen molar-refractivity contribution in [3.05, 3.63) is 161 Å². The first kappa shape index (κ1) is 37.1. The van der Waals surface area contributed by atoms with E-state index in [2.05, 4.69) is 64.1 Å². The van der Waals surface area contributed by atoms with Crippen LogP contribution in [0.2, 0.25) is 5.02 Å². The lowest BCUT2D eigenvalue weighted by atomic mass is 9.95. The number of ether oxygens (including phenoxy) is 1. The van der Waals surface area contributed by atoms with Crippen molar-refractivity contribution in [3.63, 3.8) is 0 Å². The highest BCUT2D eigenvalue weighted by molar-refractivity contribution is 6.30. The molecule has 3 atom stereocenters. The van der Waals surface area contributed by atoms with Gasteiger partial charge in [0, 0.05) is 22.9 Å². The molecule has 264 valence electrons. The number of hydrogen-bond acceptors (Lipinski definition) is 6. The number of nitrogens with zero attached hydrogens (tertiary/aromatic N) is 1. The number of carbonyl (C=O) groups is 2. The van der Waals surface area contributed by atoms with Crippen LogP contribution in [-0.2, 0) is 22.6 Å². The Morgan fingerprint density at radius 1 is 0.765 bits per heavy atom. The van der Waals surface area contributed by atoms with Crippen LogP contribution < -0.4 is 26.0 Å². The van der Waals surface area contributed by atoms with E-state index < -0.39 is 18.0 Å². The molecule has 9 heteroatoms. The minimum Gasteiger partial charge on any atom is -0.497 e. The molecule has 0 fully saturated rings. The summed E-state index contributed by atoms with van der Waals surface area (Å²) in [6.07, 6.45) is 2.11. The lowest BCUT2D eigenvalue weighted by Gasteiger charge is -2.35. The van der Waals surface area contributed by atoms with E-state index in [1.54, 1.807) is 43.5 Å². The first-order valence-electron chi connectivity index (χ1n) is 17.2. The van der Waals surface area contributed by atoms with Gasteiger partial charge in [-0.3, -0.25) is 9.59 Å². The average Bonchev–Trinajstić information content (AvgIpc) is 3.17. The van der Waals surface area contributed by atoms with Crippen LogP contribution in [0, 0.1) is 0 Å². The van der Waals surface area contributed by atoms with Crippen molar-refractivity contribution >= 4 is 34.8 Å². The molecule has 5 aromatic carbocycles. The molecule has 5 aromatic rings. The van der Waals surface area contributed by atoms with Crippen molar-refractivity contribution in [2.45, 2.75) is 50.4 Å². The summed E-state index contributed by atoms with van der Waals surface area (Å²) in [6, 6.07) is 41.3. The maximum atomic E-state index is 13.6. The third-order valence-corrected chi connectivity index (χ3v) is 9.08. The number of amides is 2. The van der Waals surface area contributed by atoms with Crippen LogP contribution in [0.25, 0.3) is 0 Å². The van der Waals surface area contributed by atoms with Crippen LogP contribution in [-0.4, -0.2) is 42.7 Å². The summed E-state index contributed by atoms with van der Waals surface area (Å²) < 4.78 is 5.45. The van der Waals surface area contributed by atoms with Gasteiger partial charge in [0.2, 0.25) is 11.8 Å². The molecule has 0 aliphatic carbocycles. The molecule has 0 radical (unpaired) electrons. The Hall–Kier alpha value is -5.15. The van der Waals surface area contributed by atoms with Gasteiger partial charge in [-0.1, -0.05) is 96.5 Å². The zero-order chi connectivity index (χ0) is 36.0. The monoisotopic (exact) mass is 704 g/mol. The highest BCUT2D eigenvalue weighted by Crippen LogP contribution is 2.34. The quantitative estimate of drug-likeness (QED) is 0.0755. The van der Waals surface area contributed by atoms with Crippen LogP contribution in [0.15, 0.2) is 133 Å². The average molecular weight is 705 g/mol. The molecule has 0 aliphatic rings. The Morgan fingerprint density at radius 3 is 2.00 bits per heavy atom. The topological polar surface area (TPSA) is 117 Å². The summed E-state index contributed by atoms with van der Waals surface area (Å²) in [4.78, 5) is 29.4. The summed E-state index contributed by atoms with van der Waals surface area (Å²) in [5, 5.41) is 15.9. The van der Waals surface area contributed by atoms with Crippen molar-refractivity contribution in [1.82, 2.24) is 5.32 Å². The molecule has 0 saturated heterocycles. The van der Waals surface area contributed by atoms with Crippen molar-refractivity contribution in [2.75, 3.05) is 23.9 Å². The zero-order valence-electron chi connectivity index (χ0n) is 28.8. The van der Waals surface area contributed by atoms with Gasteiger partial charge in [-0.05, 0) is 96.5 Å². The Balaban J connectivity index is 1.33.